The van der Waals surface area contributed by atoms with Gasteiger partial charge in [0, 0.05) is 5.69 Å². The van der Waals surface area contributed by atoms with E-state index >= 15 is 0 Å². The van der Waals surface area contributed by atoms with Crippen LogP contribution < -0.4 is 14.9 Å². The lowest BCUT2D eigenvalue weighted by Crippen LogP contribution is -2.55. The Bertz CT molecular complexity index is 709. The van der Waals surface area contributed by atoms with Crippen molar-refractivity contribution < 1.29 is 0 Å². The Hall–Kier alpha value is -2.32. The van der Waals surface area contributed by atoms with Crippen molar-refractivity contribution in [2.24, 2.45) is 0 Å². The summed E-state index contributed by atoms with van der Waals surface area (Å²) in [6, 6.07) is 28.3. The number of para-hydroxylation sites is 1. The van der Waals surface area contributed by atoms with Crippen LogP contribution in [0.3, 0.4) is 0 Å². The van der Waals surface area contributed by atoms with Gasteiger partial charge in [-0.2, -0.15) is 0 Å². The van der Waals surface area contributed by atoms with Crippen molar-refractivity contribution in [2.45, 2.75) is 13.8 Å². The van der Waals surface area contributed by atoms with E-state index in [0.717, 1.165) is 0 Å². The molecule has 0 fully saturated rings. The van der Waals surface area contributed by atoms with Gasteiger partial charge in [0.2, 0.25) is 8.96 Å². The number of anilines is 1. The lowest BCUT2D eigenvalue weighted by molar-refractivity contribution is 1.23. The van der Waals surface area contributed by atoms with Crippen LogP contribution in [0.5, 0.6) is 0 Å². The van der Waals surface area contributed by atoms with Gasteiger partial charge in [0.1, 0.15) is 0 Å². The Labute approximate surface area is 140 Å². The minimum atomic E-state index is -1.04. The van der Waals surface area contributed by atoms with Gasteiger partial charge >= 0.3 is 0 Å². The average molecular weight is 317 g/mol. The first-order valence-electron chi connectivity index (χ1n) is 7.96. The van der Waals surface area contributed by atoms with Gasteiger partial charge in [-0.25, -0.2) is 0 Å². The summed E-state index contributed by atoms with van der Waals surface area (Å²) >= 11 is 0. The Kier molecular flexibility index (Phi) is 4.63. The SMILES string of the molecule is Cc1cccc(C)c1N(C)[Si](c1ccccc1)c1ccccc1. The summed E-state index contributed by atoms with van der Waals surface area (Å²) in [7, 11) is 1.20. The van der Waals surface area contributed by atoms with E-state index in [1.54, 1.807) is 0 Å². The molecular weight excluding hydrogens is 294 g/mol. The predicted molar refractivity (Wildman–Crippen MR) is 102 cm³/mol. The van der Waals surface area contributed by atoms with Crippen molar-refractivity contribution in [1.29, 1.82) is 0 Å². The largest absolute Gasteiger partial charge is 0.393 e. The number of aryl methyl sites for hydroxylation is 2. The zero-order valence-corrected chi connectivity index (χ0v) is 15.0. The summed E-state index contributed by atoms with van der Waals surface area (Å²) in [5.41, 5.74) is 4.03. The van der Waals surface area contributed by atoms with E-state index in [-0.39, 0.29) is 0 Å². The monoisotopic (exact) mass is 316 g/mol. The lowest BCUT2D eigenvalue weighted by Gasteiger charge is -2.31. The molecule has 0 aliphatic carbocycles. The van der Waals surface area contributed by atoms with Gasteiger partial charge in [-0.05, 0) is 42.4 Å². The van der Waals surface area contributed by atoms with Gasteiger partial charge in [0.15, 0.2) is 0 Å². The van der Waals surface area contributed by atoms with E-state index in [0.29, 0.717) is 0 Å². The fourth-order valence-corrected chi connectivity index (χ4v) is 5.89. The second-order valence-corrected chi connectivity index (χ2v) is 8.40. The first-order chi connectivity index (χ1) is 11.2. The molecule has 3 aromatic rings. The van der Waals surface area contributed by atoms with Crippen LogP contribution in [0.25, 0.3) is 0 Å². The molecule has 1 nitrogen and oxygen atoms in total. The molecule has 0 spiro atoms. The third-order valence-electron chi connectivity index (χ3n) is 4.20. The Morgan fingerprint density at radius 2 is 1.04 bits per heavy atom. The fraction of sp³-hybridized carbons (Fsp3) is 0.143. The molecule has 23 heavy (non-hydrogen) atoms. The van der Waals surface area contributed by atoms with Gasteiger partial charge in [-0.15, -0.1) is 0 Å². The summed E-state index contributed by atoms with van der Waals surface area (Å²) < 4.78 is 2.50. The Balaban J connectivity index is 2.12. The van der Waals surface area contributed by atoms with Crippen molar-refractivity contribution in [3.8, 4) is 0 Å². The fourth-order valence-electron chi connectivity index (χ4n) is 3.19. The second-order valence-electron chi connectivity index (χ2n) is 5.88. The van der Waals surface area contributed by atoms with Crippen LogP contribution in [0.15, 0.2) is 78.9 Å². The number of benzene rings is 3. The van der Waals surface area contributed by atoms with Crippen molar-refractivity contribution in [3.63, 3.8) is 0 Å². The second kappa shape index (κ2) is 6.84. The number of hydrogen-bond acceptors (Lipinski definition) is 1. The zero-order valence-electron chi connectivity index (χ0n) is 14.0. The number of nitrogens with zero attached hydrogens (tertiary/aromatic N) is 1. The van der Waals surface area contributed by atoms with Crippen LogP contribution in [0.2, 0.25) is 0 Å². The highest BCUT2D eigenvalue weighted by Crippen LogP contribution is 2.24. The van der Waals surface area contributed by atoms with Crippen LogP contribution >= 0.6 is 0 Å². The third kappa shape index (κ3) is 3.22. The standard InChI is InChI=1S/C21H22NSi/c1-17-11-10-12-18(2)21(17)22(3)23(19-13-6-4-7-14-19)20-15-8-5-9-16-20/h4-16H,1-3H3. The van der Waals surface area contributed by atoms with E-state index in [9.17, 15) is 0 Å². The van der Waals surface area contributed by atoms with Gasteiger partial charge in [0.25, 0.3) is 0 Å². The Morgan fingerprint density at radius 3 is 1.48 bits per heavy atom. The maximum absolute atomic E-state index is 2.50. The summed E-state index contributed by atoms with van der Waals surface area (Å²) in [4.78, 5) is 0. The highest BCUT2D eigenvalue weighted by Gasteiger charge is 2.25. The molecule has 0 heterocycles. The zero-order chi connectivity index (χ0) is 16.2. The molecule has 1 radical (unpaired) electrons. The van der Waals surface area contributed by atoms with Crippen LogP contribution in [0.4, 0.5) is 5.69 Å². The molecule has 0 N–H and O–H groups in total. The van der Waals surface area contributed by atoms with E-state index in [4.69, 9.17) is 0 Å². The maximum Gasteiger partial charge on any atom is 0.242 e. The first kappa shape index (κ1) is 15.6. The van der Waals surface area contributed by atoms with Gasteiger partial charge < -0.3 is 4.57 Å². The van der Waals surface area contributed by atoms with Crippen molar-refractivity contribution in [2.75, 3.05) is 11.6 Å². The molecular formula is C21H22NSi. The molecule has 0 aliphatic heterocycles. The quantitative estimate of drug-likeness (QED) is 0.665. The van der Waals surface area contributed by atoms with E-state index in [1.807, 2.05) is 0 Å². The van der Waals surface area contributed by atoms with Crippen molar-refractivity contribution >= 4 is 25.0 Å². The molecule has 0 bridgehead atoms. The van der Waals surface area contributed by atoms with E-state index in [1.165, 1.54) is 27.2 Å². The molecule has 0 saturated heterocycles. The van der Waals surface area contributed by atoms with Crippen molar-refractivity contribution in [3.05, 3.63) is 90.0 Å². The van der Waals surface area contributed by atoms with Crippen LogP contribution in [0.1, 0.15) is 11.1 Å². The first-order valence-corrected chi connectivity index (χ1v) is 9.41. The third-order valence-corrected chi connectivity index (χ3v) is 6.86. The molecule has 2 heteroatoms. The normalized spacial score (nSPS) is 10.8. The van der Waals surface area contributed by atoms with Crippen LogP contribution in [-0.2, 0) is 0 Å². The highest BCUT2D eigenvalue weighted by atomic mass is 28.3. The summed E-state index contributed by atoms with van der Waals surface area (Å²) in [6.45, 7) is 4.41. The smallest absolute Gasteiger partial charge is 0.242 e. The predicted octanol–water partition coefficient (Wildman–Crippen LogP) is 3.55. The number of rotatable bonds is 4. The Morgan fingerprint density at radius 1 is 0.609 bits per heavy atom. The average Bonchev–Trinajstić information content (AvgIpc) is 2.57. The maximum atomic E-state index is 2.50. The molecule has 0 saturated carbocycles. The molecule has 115 valence electrons. The van der Waals surface area contributed by atoms with Gasteiger partial charge in [0.05, 0.1) is 0 Å². The summed E-state index contributed by atoms with van der Waals surface area (Å²) in [5, 5.41) is 2.82. The minimum Gasteiger partial charge on any atom is -0.393 e. The minimum absolute atomic E-state index is 1.04. The highest BCUT2D eigenvalue weighted by molar-refractivity contribution is 6.88. The van der Waals surface area contributed by atoms with E-state index in [2.05, 4.69) is 104 Å². The van der Waals surface area contributed by atoms with Crippen LogP contribution in [0, 0.1) is 13.8 Å². The van der Waals surface area contributed by atoms with Gasteiger partial charge in [-0.1, -0.05) is 78.9 Å². The number of hydrogen-bond donors (Lipinski definition) is 0. The summed E-state index contributed by atoms with van der Waals surface area (Å²) in [5.74, 6) is 0. The van der Waals surface area contributed by atoms with Crippen molar-refractivity contribution in [1.82, 2.24) is 0 Å². The van der Waals surface area contributed by atoms with E-state index < -0.39 is 8.96 Å². The molecule has 0 unspecified atom stereocenters. The topological polar surface area (TPSA) is 3.24 Å². The molecule has 3 rings (SSSR count). The molecule has 3 aromatic carbocycles. The van der Waals surface area contributed by atoms with Gasteiger partial charge in [-0.3, -0.25) is 0 Å². The molecule has 0 aliphatic rings. The van der Waals surface area contributed by atoms with Crippen LogP contribution in [-0.4, -0.2) is 16.0 Å². The molecule has 0 aromatic heterocycles. The lowest BCUT2D eigenvalue weighted by atomic mass is 10.1. The molecule has 0 atom stereocenters. The molecule has 0 amide bonds. The summed E-state index contributed by atoms with van der Waals surface area (Å²) in [6.07, 6.45) is 0.